The predicted molar refractivity (Wildman–Crippen MR) is 68.4 cm³/mol. The molecule has 0 spiro atoms. The highest BCUT2D eigenvalue weighted by Crippen LogP contribution is 2.29. The lowest BCUT2D eigenvalue weighted by molar-refractivity contribution is 0.126. The smallest absolute Gasteiger partial charge is 0.123 e. The SMILES string of the molecule is C[C@H]1CN(CC2Cc3cc(F)ccc3O2)CCN1. The first-order chi connectivity index (χ1) is 8.70. The van der Waals surface area contributed by atoms with Crippen molar-refractivity contribution in [3.63, 3.8) is 0 Å². The average molecular weight is 250 g/mol. The molecule has 0 radical (unpaired) electrons. The van der Waals surface area contributed by atoms with Gasteiger partial charge in [-0.1, -0.05) is 0 Å². The Morgan fingerprint density at radius 3 is 3.22 bits per heavy atom. The van der Waals surface area contributed by atoms with Crippen LogP contribution in [0.1, 0.15) is 12.5 Å². The molecule has 2 heterocycles. The van der Waals surface area contributed by atoms with E-state index in [-0.39, 0.29) is 11.9 Å². The van der Waals surface area contributed by atoms with E-state index in [4.69, 9.17) is 4.74 Å². The first kappa shape index (κ1) is 11.9. The fourth-order valence-corrected chi connectivity index (χ4v) is 2.86. The minimum Gasteiger partial charge on any atom is -0.488 e. The summed E-state index contributed by atoms with van der Waals surface area (Å²) < 4.78 is 19.0. The fourth-order valence-electron chi connectivity index (χ4n) is 2.86. The third-order valence-electron chi connectivity index (χ3n) is 3.68. The minimum absolute atomic E-state index is 0.172. The van der Waals surface area contributed by atoms with Crippen LogP contribution in [0.4, 0.5) is 4.39 Å². The highest BCUT2D eigenvalue weighted by molar-refractivity contribution is 5.37. The molecule has 1 N–H and O–H groups in total. The summed E-state index contributed by atoms with van der Waals surface area (Å²) in [5.41, 5.74) is 1.00. The first-order valence-electron chi connectivity index (χ1n) is 6.61. The molecular formula is C14H19FN2O. The lowest BCUT2D eigenvalue weighted by atomic mass is 10.1. The summed E-state index contributed by atoms with van der Waals surface area (Å²) in [5.74, 6) is 0.679. The van der Waals surface area contributed by atoms with Gasteiger partial charge in [-0.25, -0.2) is 4.39 Å². The molecule has 2 aliphatic heterocycles. The number of ether oxygens (including phenoxy) is 1. The van der Waals surface area contributed by atoms with Gasteiger partial charge in [0.1, 0.15) is 17.7 Å². The summed E-state index contributed by atoms with van der Waals surface area (Å²) in [6.07, 6.45) is 0.998. The van der Waals surface area contributed by atoms with E-state index in [1.165, 1.54) is 6.07 Å². The number of nitrogens with zero attached hydrogens (tertiary/aromatic N) is 1. The van der Waals surface area contributed by atoms with Gasteiger partial charge in [0.05, 0.1) is 0 Å². The van der Waals surface area contributed by atoms with E-state index in [1.807, 2.05) is 0 Å². The van der Waals surface area contributed by atoms with Crippen LogP contribution in [0.15, 0.2) is 18.2 Å². The second-order valence-electron chi connectivity index (χ2n) is 5.31. The maximum Gasteiger partial charge on any atom is 0.123 e. The second kappa shape index (κ2) is 4.86. The van der Waals surface area contributed by atoms with E-state index in [9.17, 15) is 4.39 Å². The van der Waals surface area contributed by atoms with Crippen molar-refractivity contribution in [1.82, 2.24) is 10.2 Å². The largest absolute Gasteiger partial charge is 0.488 e. The van der Waals surface area contributed by atoms with Crippen LogP contribution >= 0.6 is 0 Å². The fraction of sp³-hybridized carbons (Fsp3) is 0.571. The standard InChI is InChI=1S/C14H19FN2O/c1-10-8-17(5-4-16-10)9-13-7-11-6-12(15)2-3-14(11)18-13/h2-3,6,10,13,16H,4-5,7-9H2,1H3/t10-,13?/m0/s1. The molecule has 0 amide bonds. The highest BCUT2D eigenvalue weighted by atomic mass is 19.1. The maximum absolute atomic E-state index is 13.1. The van der Waals surface area contributed by atoms with E-state index in [2.05, 4.69) is 17.1 Å². The van der Waals surface area contributed by atoms with Crippen LogP contribution in [-0.2, 0) is 6.42 Å². The van der Waals surface area contributed by atoms with E-state index in [0.717, 1.165) is 43.9 Å². The van der Waals surface area contributed by atoms with Gasteiger partial charge < -0.3 is 10.1 Å². The Kier molecular flexibility index (Phi) is 3.22. The Morgan fingerprint density at radius 2 is 2.39 bits per heavy atom. The summed E-state index contributed by atoms with van der Waals surface area (Å²) in [5, 5.41) is 3.43. The molecule has 18 heavy (non-hydrogen) atoms. The van der Waals surface area contributed by atoms with Crippen molar-refractivity contribution in [3.8, 4) is 5.75 Å². The summed E-state index contributed by atoms with van der Waals surface area (Å²) in [6, 6.07) is 5.34. The molecule has 0 bridgehead atoms. The third-order valence-corrected chi connectivity index (χ3v) is 3.68. The molecule has 2 aliphatic rings. The quantitative estimate of drug-likeness (QED) is 0.859. The zero-order valence-corrected chi connectivity index (χ0v) is 10.7. The normalized spacial score (nSPS) is 27.9. The number of benzene rings is 1. The average Bonchev–Trinajstić information content (AvgIpc) is 2.70. The zero-order chi connectivity index (χ0) is 12.5. The Hall–Kier alpha value is -1.13. The van der Waals surface area contributed by atoms with Gasteiger partial charge in [-0.2, -0.15) is 0 Å². The van der Waals surface area contributed by atoms with Gasteiger partial charge in [0, 0.05) is 44.2 Å². The van der Waals surface area contributed by atoms with Crippen LogP contribution in [0.25, 0.3) is 0 Å². The topological polar surface area (TPSA) is 24.5 Å². The Morgan fingerprint density at radius 1 is 1.50 bits per heavy atom. The van der Waals surface area contributed by atoms with E-state index in [0.29, 0.717) is 6.04 Å². The van der Waals surface area contributed by atoms with Crippen LogP contribution in [0.5, 0.6) is 5.75 Å². The molecule has 98 valence electrons. The molecule has 0 aromatic heterocycles. The van der Waals surface area contributed by atoms with Crippen molar-refractivity contribution in [2.45, 2.75) is 25.5 Å². The second-order valence-corrected chi connectivity index (χ2v) is 5.31. The van der Waals surface area contributed by atoms with E-state index < -0.39 is 0 Å². The highest BCUT2D eigenvalue weighted by Gasteiger charge is 2.26. The van der Waals surface area contributed by atoms with Crippen molar-refractivity contribution < 1.29 is 9.13 Å². The van der Waals surface area contributed by atoms with Crippen LogP contribution in [0.3, 0.4) is 0 Å². The third kappa shape index (κ3) is 2.49. The summed E-state index contributed by atoms with van der Waals surface area (Å²) in [6.45, 7) is 6.29. The Labute approximate surface area is 107 Å². The molecule has 0 saturated carbocycles. The number of hydrogen-bond acceptors (Lipinski definition) is 3. The zero-order valence-electron chi connectivity index (χ0n) is 10.7. The number of nitrogens with one attached hydrogen (secondary N) is 1. The molecule has 1 saturated heterocycles. The van der Waals surface area contributed by atoms with Crippen molar-refractivity contribution >= 4 is 0 Å². The van der Waals surface area contributed by atoms with Crippen molar-refractivity contribution in [1.29, 1.82) is 0 Å². The molecular weight excluding hydrogens is 231 g/mol. The number of rotatable bonds is 2. The molecule has 3 rings (SSSR count). The molecule has 3 nitrogen and oxygen atoms in total. The summed E-state index contributed by atoms with van der Waals surface area (Å²) in [7, 11) is 0. The Bertz CT molecular complexity index is 438. The van der Waals surface area contributed by atoms with Crippen molar-refractivity contribution in [3.05, 3.63) is 29.6 Å². The molecule has 2 atom stereocenters. The van der Waals surface area contributed by atoms with Gasteiger partial charge >= 0.3 is 0 Å². The van der Waals surface area contributed by atoms with Crippen LogP contribution in [0, 0.1) is 5.82 Å². The number of piperazine rings is 1. The van der Waals surface area contributed by atoms with Gasteiger partial charge in [-0.15, -0.1) is 0 Å². The van der Waals surface area contributed by atoms with E-state index >= 15 is 0 Å². The first-order valence-corrected chi connectivity index (χ1v) is 6.61. The Balaban J connectivity index is 1.60. The van der Waals surface area contributed by atoms with Crippen LogP contribution < -0.4 is 10.1 Å². The van der Waals surface area contributed by atoms with Crippen molar-refractivity contribution in [2.75, 3.05) is 26.2 Å². The summed E-state index contributed by atoms with van der Waals surface area (Å²) >= 11 is 0. The van der Waals surface area contributed by atoms with E-state index in [1.54, 1.807) is 12.1 Å². The minimum atomic E-state index is -0.172. The molecule has 1 aromatic carbocycles. The van der Waals surface area contributed by atoms with Gasteiger partial charge in [0.15, 0.2) is 0 Å². The van der Waals surface area contributed by atoms with Crippen LogP contribution in [0.2, 0.25) is 0 Å². The van der Waals surface area contributed by atoms with Gasteiger partial charge in [-0.05, 0) is 25.1 Å². The predicted octanol–water partition coefficient (Wildman–Crippen LogP) is 1.42. The lowest BCUT2D eigenvalue weighted by Crippen LogP contribution is -2.51. The molecule has 1 unspecified atom stereocenters. The van der Waals surface area contributed by atoms with Gasteiger partial charge in [0.2, 0.25) is 0 Å². The van der Waals surface area contributed by atoms with Crippen molar-refractivity contribution in [2.24, 2.45) is 0 Å². The van der Waals surface area contributed by atoms with Gasteiger partial charge in [0.25, 0.3) is 0 Å². The number of halogens is 1. The molecule has 0 aliphatic carbocycles. The monoisotopic (exact) mass is 250 g/mol. The summed E-state index contributed by atoms with van der Waals surface area (Å²) in [4.78, 5) is 2.42. The molecule has 1 fully saturated rings. The lowest BCUT2D eigenvalue weighted by Gasteiger charge is -2.33. The number of fused-ring (bicyclic) bond motifs is 1. The molecule has 1 aromatic rings. The van der Waals surface area contributed by atoms with Gasteiger partial charge in [-0.3, -0.25) is 4.90 Å². The number of hydrogen-bond donors (Lipinski definition) is 1. The van der Waals surface area contributed by atoms with Crippen LogP contribution in [-0.4, -0.2) is 43.2 Å². The maximum atomic E-state index is 13.1. The molecule has 4 heteroatoms.